The summed E-state index contributed by atoms with van der Waals surface area (Å²) in [5, 5.41) is 8.35. The number of rotatable bonds is 2. The van der Waals surface area contributed by atoms with Gasteiger partial charge in [0.05, 0.1) is 5.55 Å². The standard InChI is InChI=1S/C15H13N3OS/c19-15(17-13-9-5-2-6-10-13)18-14(20-11-16-18)12-7-3-1-4-8-12/h1-11,14H,(H,17,19). The molecule has 0 bridgehead atoms. The van der Waals surface area contributed by atoms with Gasteiger partial charge in [-0.05, 0) is 17.7 Å². The summed E-state index contributed by atoms with van der Waals surface area (Å²) in [7, 11) is 0. The number of hydrogen-bond donors (Lipinski definition) is 1. The molecule has 1 atom stereocenters. The molecule has 20 heavy (non-hydrogen) atoms. The van der Waals surface area contributed by atoms with Gasteiger partial charge in [0.15, 0.2) is 0 Å². The number of amides is 2. The highest BCUT2D eigenvalue weighted by molar-refractivity contribution is 8.12. The van der Waals surface area contributed by atoms with Crippen LogP contribution < -0.4 is 5.32 Å². The van der Waals surface area contributed by atoms with Crippen LogP contribution in [0.4, 0.5) is 10.5 Å². The van der Waals surface area contributed by atoms with Crippen molar-refractivity contribution in [3.8, 4) is 0 Å². The number of anilines is 1. The van der Waals surface area contributed by atoms with Crippen molar-refractivity contribution in [2.75, 3.05) is 5.32 Å². The second-order valence-electron chi connectivity index (χ2n) is 4.26. The fourth-order valence-electron chi connectivity index (χ4n) is 1.95. The number of carbonyl (C=O) groups excluding carboxylic acids is 1. The molecule has 100 valence electrons. The van der Waals surface area contributed by atoms with E-state index in [9.17, 15) is 4.79 Å². The number of nitrogens with zero attached hydrogens (tertiary/aromatic N) is 2. The van der Waals surface area contributed by atoms with Crippen LogP contribution in [0.25, 0.3) is 0 Å². The lowest BCUT2D eigenvalue weighted by Gasteiger charge is -2.21. The third kappa shape index (κ3) is 2.67. The van der Waals surface area contributed by atoms with E-state index in [-0.39, 0.29) is 11.4 Å². The largest absolute Gasteiger partial charge is 0.343 e. The van der Waals surface area contributed by atoms with Crippen LogP contribution in [0.2, 0.25) is 0 Å². The summed E-state index contributed by atoms with van der Waals surface area (Å²) in [6, 6.07) is 19.0. The zero-order valence-electron chi connectivity index (χ0n) is 10.6. The number of hydrazone groups is 1. The molecule has 3 rings (SSSR count). The van der Waals surface area contributed by atoms with Crippen molar-refractivity contribution in [1.82, 2.24) is 5.01 Å². The van der Waals surface area contributed by atoms with Gasteiger partial charge in [0, 0.05) is 5.69 Å². The molecule has 2 aromatic rings. The third-order valence-electron chi connectivity index (χ3n) is 2.90. The monoisotopic (exact) mass is 283 g/mol. The van der Waals surface area contributed by atoms with E-state index < -0.39 is 0 Å². The fraction of sp³-hybridized carbons (Fsp3) is 0.0667. The van der Waals surface area contributed by atoms with Crippen LogP contribution in [0, 0.1) is 0 Å². The topological polar surface area (TPSA) is 44.7 Å². The molecule has 1 heterocycles. The lowest BCUT2D eigenvalue weighted by Crippen LogP contribution is -2.30. The second kappa shape index (κ2) is 5.79. The fourth-order valence-corrected chi connectivity index (χ4v) is 2.80. The molecule has 0 radical (unpaired) electrons. The quantitative estimate of drug-likeness (QED) is 0.908. The predicted octanol–water partition coefficient (Wildman–Crippen LogP) is 3.91. The minimum atomic E-state index is -0.230. The van der Waals surface area contributed by atoms with Crippen LogP contribution in [0.1, 0.15) is 10.9 Å². The van der Waals surface area contributed by atoms with Crippen LogP contribution in [-0.4, -0.2) is 16.6 Å². The summed E-state index contributed by atoms with van der Waals surface area (Å²) in [5.74, 6) is 0. The Morgan fingerprint density at radius 3 is 2.40 bits per heavy atom. The molecule has 5 heteroatoms. The molecule has 0 saturated heterocycles. The summed E-state index contributed by atoms with van der Waals surface area (Å²) >= 11 is 1.52. The van der Waals surface area contributed by atoms with Gasteiger partial charge < -0.3 is 5.32 Å². The SMILES string of the molecule is O=C(Nc1ccccc1)N1N=CSC1c1ccccc1. The first-order valence-electron chi connectivity index (χ1n) is 6.23. The molecule has 0 fully saturated rings. The van der Waals surface area contributed by atoms with Crippen molar-refractivity contribution < 1.29 is 4.79 Å². The Morgan fingerprint density at radius 1 is 1.05 bits per heavy atom. The normalized spacial score (nSPS) is 17.2. The molecule has 0 saturated carbocycles. The number of benzene rings is 2. The zero-order valence-corrected chi connectivity index (χ0v) is 11.5. The van der Waals surface area contributed by atoms with E-state index in [1.165, 1.54) is 16.8 Å². The summed E-state index contributed by atoms with van der Waals surface area (Å²) in [6.45, 7) is 0. The van der Waals surface area contributed by atoms with Crippen LogP contribution in [0.5, 0.6) is 0 Å². The molecule has 1 N–H and O–H groups in total. The Balaban J connectivity index is 1.75. The molecule has 0 aromatic heterocycles. The number of para-hydroxylation sites is 1. The smallest absolute Gasteiger partial charge is 0.306 e. The van der Waals surface area contributed by atoms with E-state index in [1.54, 1.807) is 5.55 Å². The summed E-state index contributed by atoms with van der Waals surface area (Å²) in [5.41, 5.74) is 3.51. The first-order valence-corrected chi connectivity index (χ1v) is 7.17. The van der Waals surface area contributed by atoms with Gasteiger partial charge in [-0.1, -0.05) is 60.3 Å². The molecular formula is C15H13N3OS. The number of urea groups is 1. The van der Waals surface area contributed by atoms with Gasteiger partial charge in [-0.2, -0.15) is 10.1 Å². The first kappa shape index (κ1) is 12.7. The van der Waals surface area contributed by atoms with Crippen molar-refractivity contribution in [3.05, 3.63) is 66.2 Å². The summed E-state index contributed by atoms with van der Waals surface area (Å²) in [6.07, 6.45) is 0. The molecule has 2 amide bonds. The number of nitrogens with one attached hydrogen (secondary N) is 1. The number of hydrogen-bond acceptors (Lipinski definition) is 3. The van der Waals surface area contributed by atoms with Crippen molar-refractivity contribution in [1.29, 1.82) is 0 Å². The van der Waals surface area contributed by atoms with Crippen molar-refractivity contribution in [2.45, 2.75) is 5.37 Å². The highest BCUT2D eigenvalue weighted by Gasteiger charge is 2.28. The second-order valence-corrected chi connectivity index (χ2v) is 5.19. The highest BCUT2D eigenvalue weighted by Crippen LogP contribution is 2.36. The maximum Gasteiger partial charge on any atom is 0.343 e. The molecule has 0 aliphatic carbocycles. The van der Waals surface area contributed by atoms with Gasteiger partial charge in [0.1, 0.15) is 5.37 Å². The van der Waals surface area contributed by atoms with Crippen LogP contribution in [0.15, 0.2) is 65.8 Å². The maximum absolute atomic E-state index is 12.3. The minimum Gasteiger partial charge on any atom is -0.306 e. The van der Waals surface area contributed by atoms with Gasteiger partial charge in [-0.15, -0.1) is 0 Å². The molecule has 1 aliphatic rings. The lowest BCUT2D eigenvalue weighted by atomic mass is 10.2. The predicted molar refractivity (Wildman–Crippen MR) is 82.6 cm³/mol. The Kier molecular flexibility index (Phi) is 3.69. The Morgan fingerprint density at radius 2 is 1.70 bits per heavy atom. The van der Waals surface area contributed by atoms with Crippen molar-refractivity contribution >= 4 is 29.0 Å². The molecular weight excluding hydrogens is 270 g/mol. The molecule has 2 aromatic carbocycles. The van der Waals surface area contributed by atoms with E-state index in [1.807, 2.05) is 60.7 Å². The van der Waals surface area contributed by atoms with E-state index >= 15 is 0 Å². The van der Waals surface area contributed by atoms with Crippen molar-refractivity contribution in [3.63, 3.8) is 0 Å². The Hall–Kier alpha value is -2.27. The number of thioether (sulfide) groups is 1. The van der Waals surface area contributed by atoms with Gasteiger partial charge in [0.25, 0.3) is 0 Å². The molecule has 0 spiro atoms. The maximum atomic E-state index is 12.3. The van der Waals surface area contributed by atoms with Crippen LogP contribution in [-0.2, 0) is 0 Å². The Bertz CT molecular complexity index is 616. The highest BCUT2D eigenvalue weighted by atomic mass is 32.2. The van der Waals surface area contributed by atoms with Crippen LogP contribution in [0.3, 0.4) is 0 Å². The molecule has 4 nitrogen and oxygen atoms in total. The molecule has 1 aliphatic heterocycles. The summed E-state index contributed by atoms with van der Waals surface area (Å²) in [4.78, 5) is 12.3. The molecule has 1 unspecified atom stereocenters. The average molecular weight is 283 g/mol. The lowest BCUT2D eigenvalue weighted by molar-refractivity contribution is 0.212. The van der Waals surface area contributed by atoms with E-state index in [4.69, 9.17) is 0 Å². The van der Waals surface area contributed by atoms with Crippen LogP contribution >= 0.6 is 11.8 Å². The van der Waals surface area contributed by atoms with E-state index in [0.717, 1.165) is 11.3 Å². The van der Waals surface area contributed by atoms with Gasteiger partial charge in [-0.25, -0.2) is 4.79 Å². The first-order chi connectivity index (χ1) is 9.84. The van der Waals surface area contributed by atoms with Gasteiger partial charge in [0.2, 0.25) is 0 Å². The number of carbonyl (C=O) groups is 1. The van der Waals surface area contributed by atoms with E-state index in [0.29, 0.717) is 0 Å². The van der Waals surface area contributed by atoms with E-state index in [2.05, 4.69) is 10.4 Å². The third-order valence-corrected chi connectivity index (χ3v) is 3.85. The average Bonchev–Trinajstić information content (AvgIpc) is 2.99. The Labute approximate surface area is 121 Å². The van der Waals surface area contributed by atoms with Crippen molar-refractivity contribution in [2.24, 2.45) is 5.10 Å². The van der Waals surface area contributed by atoms with Gasteiger partial charge in [-0.3, -0.25) is 0 Å². The van der Waals surface area contributed by atoms with Gasteiger partial charge >= 0.3 is 6.03 Å². The minimum absolute atomic E-state index is 0.111. The summed E-state index contributed by atoms with van der Waals surface area (Å²) < 4.78 is 0. The zero-order chi connectivity index (χ0) is 13.8.